The molecule has 0 aromatic heterocycles. The van der Waals surface area contributed by atoms with E-state index in [9.17, 15) is 18.0 Å². The Balaban J connectivity index is 2.26. The Morgan fingerprint density at radius 2 is 2.14 bits per heavy atom. The van der Waals surface area contributed by atoms with Crippen LogP contribution in [0.5, 0.6) is 0 Å². The van der Waals surface area contributed by atoms with Gasteiger partial charge in [-0.15, -0.1) is 0 Å². The van der Waals surface area contributed by atoms with Gasteiger partial charge in [0.2, 0.25) is 0 Å². The summed E-state index contributed by atoms with van der Waals surface area (Å²) >= 11 is 5.26. The van der Waals surface area contributed by atoms with Gasteiger partial charge in [-0.3, -0.25) is 0 Å². The van der Waals surface area contributed by atoms with Crippen molar-refractivity contribution in [3.8, 4) is 0 Å². The first-order valence-corrected chi connectivity index (χ1v) is 6.81. The Kier molecular flexibility index (Phi) is 4.51. The number of benzene rings is 1. The van der Waals surface area contributed by atoms with Crippen molar-refractivity contribution in [2.45, 2.75) is 25.1 Å². The number of alkyl halides is 3. The van der Waals surface area contributed by atoms with Crippen LogP contribution in [0.25, 0.3) is 0 Å². The zero-order valence-corrected chi connectivity index (χ0v) is 12.1. The number of thiocarbonyl (C=S) groups is 1. The van der Waals surface area contributed by atoms with E-state index in [0.717, 1.165) is 18.6 Å². The van der Waals surface area contributed by atoms with Gasteiger partial charge < -0.3 is 9.64 Å². The van der Waals surface area contributed by atoms with Gasteiger partial charge in [0.1, 0.15) is 11.0 Å². The molecule has 3 nitrogen and oxygen atoms in total. The molecule has 0 bridgehead atoms. The molecule has 0 unspecified atom stereocenters. The summed E-state index contributed by atoms with van der Waals surface area (Å²) in [6, 6.07) is 4.32. The zero-order chi connectivity index (χ0) is 15.6. The van der Waals surface area contributed by atoms with Crippen LogP contribution in [-0.4, -0.2) is 35.6 Å². The Morgan fingerprint density at radius 1 is 1.43 bits per heavy atom. The molecular formula is C14H14F3NO2S. The summed E-state index contributed by atoms with van der Waals surface area (Å²) in [7, 11) is 1.28. The summed E-state index contributed by atoms with van der Waals surface area (Å²) in [6.07, 6.45) is -3.08. The predicted octanol–water partition coefficient (Wildman–Crippen LogP) is 3.02. The largest absolute Gasteiger partial charge is 0.467 e. The van der Waals surface area contributed by atoms with Crippen LogP contribution in [0.1, 0.15) is 24.0 Å². The summed E-state index contributed by atoms with van der Waals surface area (Å²) in [6.45, 7) is 0.537. The second kappa shape index (κ2) is 6.01. The zero-order valence-electron chi connectivity index (χ0n) is 11.3. The maximum Gasteiger partial charge on any atom is 0.416 e. The number of carbonyl (C=O) groups excluding carboxylic acids is 1. The Hall–Kier alpha value is -1.63. The summed E-state index contributed by atoms with van der Waals surface area (Å²) in [4.78, 5) is 13.6. The maximum absolute atomic E-state index is 12.7. The van der Waals surface area contributed by atoms with Crippen molar-refractivity contribution in [3.05, 3.63) is 35.4 Å². The van der Waals surface area contributed by atoms with Gasteiger partial charge in [0.25, 0.3) is 0 Å². The van der Waals surface area contributed by atoms with Crippen molar-refractivity contribution in [2.75, 3.05) is 13.7 Å². The molecule has 114 valence electrons. The summed E-state index contributed by atoms with van der Waals surface area (Å²) in [5, 5.41) is 0. The number of ether oxygens (including phenoxy) is 1. The maximum atomic E-state index is 12.7. The molecule has 0 aliphatic carbocycles. The highest BCUT2D eigenvalue weighted by Gasteiger charge is 2.35. The van der Waals surface area contributed by atoms with Crippen LogP contribution in [-0.2, 0) is 15.7 Å². The number of carbonyl (C=O) groups is 1. The fourth-order valence-electron chi connectivity index (χ4n) is 2.39. The van der Waals surface area contributed by atoms with E-state index in [4.69, 9.17) is 17.0 Å². The van der Waals surface area contributed by atoms with Crippen LogP contribution >= 0.6 is 12.2 Å². The number of halogens is 3. The Morgan fingerprint density at radius 3 is 2.76 bits per heavy atom. The van der Waals surface area contributed by atoms with E-state index >= 15 is 0 Å². The van der Waals surface area contributed by atoms with Gasteiger partial charge in [-0.1, -0.05) is 24.4 Å². The number of rotatable bonds is 2. The molecule has 1 heterocycles. The molecule has 0 spiro atoms. The third kappa shape index (κ3) is 3.34. The lowest BCUT2D eigenvalue weighted by atomic mass is 10.1. The normalized spacial score (nSPS) is 18.7. The van der Waals surface area contributed by atoms with Crippen LogP contribution in [0.3, 0.4) is 0 Å². The van der Waals surface area contributed by atoms with Crippen molar-refractivity contribution in [2.24, 2.45) is 0 Å². The van der Waals surface area contributed by atoms with E-state index in [0.29, 0.717) is 13.0 Å². The van der Waals surface area contributed by atoms with Gasteiger partial charge in [-0.05, 0) is 25.0 Å². The molecule has 1 saturated heterocycles. The molecule has 0 saturated carbocycles. The molecule has 0 amide bonds. The van der Waals surface area contributed by atoms with Crippen molar-refractivity contribution in [1.82, 2.24) is 4.90 Å². The average Bonchev–Trinajstić information content (AvgIpc) is 2.94. The molecule has 0 radical (unpaired) electrons. The molecule has 1 aromatic carbocycles. The van der Waals surface area contributed by atoms with Crippen molar-refractivity contribution in [1.29, 1.82) is 0 Å². The topological polar surface area (TPSA) is 29.5 Å². The van der Waals surface area contributed by atoms with Gasteiger partial charge in [0.05, 0.1) is 12.7 Å². The summed E-state index contributed by atoms with van der Waals surface area (Å²) < 4.78 is 42.9. The van der Waals surface area contributed by atoms with E-state index < -0.39 is 23.8 Å². The fraction of sp³-hybridized carbons (Fsp3) is 0.429. The highest BCUT2D eigenvalue weighted by Crippen LogP contribution is 2.30. The minimum atomic E-state index is -4.42. The quantitative estimate of drug-likeness (QED) is 0.619. The lowest BCUT2D eigenvalue weighted by Gasteiger charge is -2.25. The summed E-state index contributed by atoms with van der Waals surface area (Å²) in [5.74, 6) is -0.415. The highest BCUT2D eigenvalue weighted by molar-refractivity contribution is 7.80. The molecule has 7 heteroatoms. The summed E-state index contributed by atoms with van der Waals surface area (Å²) in [5.41, 5.74) is -0.466. The smallest absolute Gasteiger partial charge is 0.416 e. The number of esters is 1. The number of hydrogen-bond acceptors (Lipinski definition) is 3. The van der Waals surface area contributed by atoms with Crippen molar-refractivity contribution in [3.63, 3.8) is 0 Å². The Labute approximate surface area is 125 Å². The lowest BCUT2D eigenvalue weighted by Crippen LogP contribution is -2.40. The van der Waals surface area contributed by atoms with Gasteiger partial charge in [0, 0.05) is 12.1 Å². The molecule has 1 atom stereocenters. The van der Waals surface area contributed by atoms with Gasteiger partial charge in [-0.25, -0.2) is 4.79 Å². The predicted molar refractivity (Wildman–Crippen MR) is 74.9 cm³/mol. The second-order valence-corrected chi connectivity index (χ2v) is 5.14. The monoisotopic (exact) mass is 317 g/mol. The first-order valence-electron chi connectivity index (χ1n) is 6.40. The molecule has 1 aromatic rings. The SMILES string of the molecule is COC(=O)[C@H]1CCCN1C(=S)c1cccc(C(F)(F)F)c1. The molecule has 1 fully saturated rings. The molecule has 1 aliphatic rings. The number of hydrogen-bond donors (Lipinski definition) is 0. The van der Waals surface area contributed by atoms with Crippen LogP contribution in [0.4, 0.5) is 13.2 Å². The van der Waals surface area contributed by atoms with Gasteiger partial charge in [0.15, 0.2) is 0 Å². The third-order valence-corrected chi connectivity index (χ3v) is 3.89. The highest BCUT2D eigenvalue weighted by atomic mass is 32.1. The number of nitrogens with zero attached hydrogens (tertiary/aromatic N) is 1. The molecule has 21 heavy (non-hydrogen) atoms. The fourth-order valence-corrected chi connectivity index (χ4v) is 2.73. The first-order chi connectivity index (χ1) is 9.84. The lowest BCUT2D eigenvalue weighted by molar-refractivity contribution is -0.144. The second-order valence-electron chi connectivity index (χ2n) is 4.76. The van der Waals surface area contributed by atoms with Crippen LogP contribution < -0.4 is 0 Å². The molecule has 0 N–H and O–H groups in total. The number of likely N-dealkylation sites (tertiary alicyclic amines) is 1. The van der Waals surface area contributed by atoms with Crippen molar-refractivity contribution >= 4 is 23.2 Å². The van der Waals surface area contributed by atoms with Crippen LogP contribution in [0.15, 0.2) is 24.3 Å². The van der Waals surface area contributed by atoms with Gasteiger partial charge >= 0.3 is 12.1 Å². The average molecular weight is 317 g/mol. The van der Waals surface area contributed by atoms with E-state index in [-0.39, 0.29) is 10.6 Å². The van der Waals surface area contributed by atoms with Crippen LogP contribution in [0.2, 0.25) is 0 Å². The third-order valence-electron chi connectivity index (χ3n) is 3.42. The van der Waals surface area contributed by atoms with E-state index in [1.165, 1.54) is 19.2 Å². The number of methoxy groups -OCH3 is 1. The Bertz CT molecular complexity index is 559. The van der Waals surface area contributed by atoms with E-state index in [1.54, 1.807) is 4.90 Å². The standard InChI is InChI=1S/C14H14F3NO2S/c1-20-13(19)11-6-3-7-18(11)12(21)9-4-2-5-10(8-9)14(15,16)17/h2,4-5,8,11H,3,6-7H2,1H3/t11-/m1/s1. The molecule has 1 aliphatic heterocycles. The van der Waals surface area contributed by atoms with E-state index in [2.05, 4.69) is 0 Å². The van der Waals surface area contributed by atoms with Crippen LogP contribution in [0, 0.1) is 0 Å². The first kappa shape index (κ1) is 15.8. The molecular weight excluding hydrogens is 303 g/mol. The van der Waals surface area contributed by atoms with Crippen molar-refractivity contribution < 1.29 is 22.7 Å². The van der Waals surface area contributed by atoms with E-state index in [1.807, 2.05) is 0 Å². The van der Waals surface area contributed by atoms with Gasteiger partial charge in [-0.2, -0.15) is 13.2 Å². The minimum absolute atomic E-state index is 0.244. The molecule has 2 rings (SSSR count). The minimum Gasteiger partial charge on any atom is -0.467 e.